The molecule has 1 rings (SSSR count). The molecule has 0 radical (unpaired) electrons. The van der Waals surface area contributed by atoms with E-state index in [2.05, 4.69) is 13.7 Å². The van der Waals surface area contributed by atoms with Gasteiger partial charge in [-0.1, -0.05) is 6.08 Å². The van der Waals surface area contributed by atoms with Crippen molar-refractivity contribution in [3.05, 3.63) is 24.0 Å². The first kappa shape index (κ1) is 19.0. The van der Waals surface area contributed by atoms with E-state index in [0.29, 0.717) is 0 Å². The van der Waals surface area contributed by atoms with Gasteiger partial charge in [-0.25, -0.2) is 0 Å². The van der Waals surface area contributed by atoms with Crippen molar-refractivity contribution in [2.24, 2.45) is 11.8 Å². The minimum Gasteiger partial charge on any atom is -0.468 e. The monoisotopic (exact) mass is 358 g/mol. The topological polar surface area (TPSA) is 96.0 Å². The zero-order valence-corrected chi connectivity index (χ0v) is 12.8. The van der Waals surface area contributed by atoms with Crippen molar-refractivity contribution < 1.29 is 44.8 Å². The van der Waals surface area contributed by atoms with Gasteiger partial charge in [-0.2, -0.15) is 21.6 Å². The quantitative estimate of drug-likeness (QED) is 0.316. The number of hydrogen-bond acceptors (Lipinski definition) is 7. The third-order valence-corrected chi connectivity index (χ3v) is 3.91. The van der Waals surface area contributed by atoms with Crippen LogP contribution in [0.3, 0.4) is 0 Å². The summed E-state index contributed by atoms with van der Waals surface area (Å²) in [5.41, 5.74) is -5.56. The van der Waals surface area contributed by atoms with Crippen LogP contribution in [0.2, 0.25) is 0 Å². The number of rotatable bonds is 5. The van der Waals surface area contributed by atoms with Crippen LogP contribution in [-0.4, -0.2) is 40.1 Å². The lowest BCUT2D eigenvalue weighted by atomic mass is 9.86. The standard InChI is InChI=1S/C12H13F3O7S/c1-20-10(16)9(11(17)21-2)7-3-5-8(6-4-7)22-23(18,19)12(13,14)15/h3,5-7,9H,4H2,1-2H3. The van der Waals surface area contributed by atoms with Crippen molar-refractivity contribution in [2.45, 2.75) is 11.9 Å². The Morgan fingerprint density at radius 2 is 1.74 bits per heavy atom. The summed E-state index contributed by atoms with van der Waals surface area (Å²) < 4.78 is 71.3. The van der Waals surface area contributed by atoms with Crippen LogP contribution in [0.15, 0.2) is 24.0 Å². The second-order valence-electron chi connectivity index (χ2n) is 4.37. The molecule has 130 valence electrons. The fourth-order valence-corrected chi connectivity index (χ4v) is 2.27. The molecule has 11 heteroatoms. The number of halogens is 3. The fourth-order valence-electron chi connectivity index (χ4n) is 1.80. The van der Waals surface area contributed by atoms with Crippen molar-refractivity contribution in [2.75, 3.05) is 14.2 Å². The Morgan fingerprint density at radius 1 is 1.22 bits per heavy atom. The Labute approximate surface area is 129 Å². The lowest BCUT2D eigenvalue weighted by Gasteiger charge is -2.22. The molecule has 23 heavy (non-hydrogen) atoms. The summed E-state index contributed by atoms with van der Waals surface area (Å²) in [4.78, 5) is 23.2. The average molecular weight is 358 g/mol. The third kappa shape index (κ3) is 4.47. The van der Waals surface area contributed by atoms with Crippen molar-refractivity contribution in [3.63, 3.8) is 0 Å². The molecule has 1 aliphatic carbocycles. The molecule has 1 atom stereocenters. The molecule has 1 aliphatic rings. The average Bonchev–Trinajstić information content (AvgIpc) is 2.47. The van der Waals surface area contributed by atoms with Gasteiger partial charge < -0.3 is 13.7 Å². The maximum absolute atomic E-state index is 12.2. The van der Waals surface area contributed by atoms with E-state index in [9.17, 15) is 31.2 Å². The highest BCUT2D eigenvalue weighted by atomic mass is 32.2. The normalized spacial score (nSPS) is 18.3. The van der Waals surface area contributed by atoms with Crippen LogP contribution in [0.5, 0.6) is 0 Å². The number of alkyl halides is 3. The molecule has 0 spiro atoms. The van der Waals surface area contributed by atoms with Gasteiger partial charge in [0.1, 0.15) is 5.76 Å². The minimum atomic E-state index is -5.78. The van der Waals surface area contributed by atoms with E-state index in [0.717, 1.165) is 26.4 Å². The van der Waals surface area contributed by atoms with Gasteiger partial charge in [0.2, 0.25) is 0 Å². The highest BCUT2D eigenvalue weighted by Gasteiger charge is 2.49. The van der Waals surface area contributed by atoms with Gasteiger partial charge in [-0.05, 0) is 18.6 Å². The van der Waals surface area contributed by atoms with Crippen LogP contribution >= 0.6 is 0 Å². The molecule has 0 bridgehead atoms. The summed E-state index contributed by atoms with van der Waals surface area (Å²) in [5, 5.41) is 0. The number of methoxy groups -OCH3 is 2. The molecule has 0 aromatic heterocycles. The summed E-state index contributed by atoms with van der Waals surface area (Å²) in [6.07, 6.45) is 3.01. The molecule has 0 amide bonds. The zero-order valence-electron chi connectivity index (χ0n) is 12.0. The van der Waals surface area contributed by atoms with E-state index in [1.807, 2.05) is 0 Å². The molecule has 0 aromatic rings. The maximum Gasteiger partial charge on any atom is 0.534 e. The van der Waals surface area contributed by atoms with Crippen LogP contribution in [0, 0.1) is 11.8 Å². The lowest BCUT2D eigenvalue weighted by molar-refractivity contribution is -0.160. The van der Waals surface area contributed by atoms with E-state index < -0.39 is 45.2 Å². The molecule has 7 nitrogen and oxygen atoms in total. The summed E-state index contributed by atoms with van der Waals surface area (Å²) in [6.45, 7) is 0. The second-order valence-corrected chi connectivity index (χ2v) is 5.91. The fraction of sp³-hybridized carbons (Fsp3) is 0.500. The van der Waals surface area contributed by atoms with Crippen LogP contribution in [0.1, 0.15) is 6.42 Å². The first-order valence-corrected chi connectivity index (χ1v) is 7.49. The smallest absolute Gasteiger partial charge is 0.468 e. The Balaban J connectivity index is 2.88. The summed E-state index contributed by atoms with van der Waals surface area (Å²) >= 11 is 0. The van der Waals surface area contributed by atoms with Gasteiger partial charge in [0.05, 0.1) is 14.2 Å². The van der Waals surface area contributed by atoms with Gasteiger partial charge in [0.25, 0.3) is 0 Å². The van der Waals surface area contributed by atoms with Crippen LogP contribution in [-0.2, 0) is 33.4 Å². The summed E-state index contributed by atoms with van der Waals surface area (Å²) in [6, 6.07) is 0. The van der Waals surface area contributed by atoms with Crippen molar-refractivity contribution in [1.29, 1.82) is 0 Å². The largest absolute Gasteiger partial charge is 0.534 e. The molecule has 0 heterocycles. The predicted molar refractivity (Wildman–Crippen MR) is 68.9 cm³/mol. The van der Waals surface area contributed by atoms with Gasteiger partial charge in [0.15, 0.2) is 5.92 Å². The first-order valence-electron chi connectivity index (χ1n) is 6.08. The molecule has 0 fully saturated rings. The Bertz CT molecular complexity index is 618. The predicted octanol–water partition coefficient (Wildman–Crippen LogP) is 1.27. The third-order valence-electron chi connectivity index (χ3n) is 2.93. The maximum atomic E-state index is 12.2. The summed E-state index contributed by atoms with van der Waals surface area (Å²) in [7, 11) is -3.66. The van der Waals surface area contributed by atoms with E-state index in [1.165, 1.54) is 6.08 Å². The molecular formula is C12H13F3O7S. The van der Waals surface area contributed by atoms with Gasteiger partial charge >= 0.3 is 27.6 Å². The van der Waals surface area contributed by atoms with Crippen molar-refractivity contribution in [3.8, 4) is 0 Å². The van der Waals surface area contributed by atoms with Crippen molar-refractivity contribution >= 4 is 22.1 Å². The molecule has 0 N–H and O–H groups in total. The van der Waals surface area contributed by atoms with Crippen LogP contribution in [0.4, 0.5) is 13.2 Å². The number of allylic oxidation sites excluding steroid dienone is 3. The number of esters is 2. The Morgan fingerprint density at radius 3 is 2.09 bits per heavy atom. The van der Waals surface area contributed by atoms with E-state index in [4.69, 9.17) is 0 Å². The molecule has 0 aliphatic heterocycles. The van der Waals surface area contributed by atoms with E-state index in [-0.39, 0.29) is 6.42 Å². The summed E-state index contributed by atoms with van der Waals surface area (Å²) in [5.74, 6) is -4.42. The SMILES string of the molecule is COC(=O)C(C(=O)OC)C1C=CC(OS(=O)(=O)C(F)(F)F)=CC1. The molecular weight excluding hydrogens is 345 g/mol. The Hall–Kier alpha value is -2.04. The van der Waals surface area contributed by atoms with Crippen molar-refractivity contribution in [1.82, 2.24) is 0 Å². The second kappa shape index (κ2) is 7.02. The molecule has 0 saturated heterocycles. The van der Waals surface area contributed by atoms with Gasteiger partial charge in [-0.3, -0.25) is 9.59 Å². The number of carbonyl (C=O) groups excluding carboxylic acids is 2. The van der Waals surface area contributed by atoms with Gasteiger partial charge in [0, 0.05) is 5.92 Å². The van der Waals surface area contributed by atoms with Crippen LogP contribution < -0.4 is 0 Å². The van der Waals surface area contributed by atoms with E-state index in [1.54, 1.807) is 0 Å². The highest BCUT2D eigenvalue weighted by molar-refractivity contribution is 7.87. The van der Waals surface area contributed by atoms with Gasteiger partial charge in [-0.15, -0.1) is 0 Å². The molecule has 0 saturated carbocycles. The van der Waals surface area contributed by atoms with E-state index >= 15 is 0 Å². The zero-order chi connectivity index (χ0) is 17.8. The van der Waals surface area contributed by atoms with Crippen LogP contribution in [0.25, 0.3) is 0 Å². The highest BCUT2D eigenvalue weighted by Crippen LogP contribution is 2.31. The first-order chi connectivity index (χ1) is 10.5. The number of ether oxygens (including phenoxy) is 2. The lowest BCUT2D eigenvalue weighted by Crippen LogP contribution is -2.33. The number of hydrogen-bond donors (Lipinski definition) is 0. The number of carbonyl (C=O) groups is 2. The molecule has 0 aromatic carbocycles. The minimum absolute atomic E-state index is 0.117. The Kier molecular flexibility index (Phi) is 5.81. The molecule has 1 unspecified atom stereocenters.